The van der Waals surface area contributed by atoms with Crippen molar-refractivity contribution in [2.24, 2.45) is 5.73 Å². The van der Waals surface area contributed by atoms with Gasteiger partial charge in [-0.25, -0.2) is 0 Å². The van der Waals surface area contributed by atoms with E-state index in [9.17, 15) is 4.79 Å². The first-order valence-corrected chi connectivity index (χ1v) is 7.70. The van der Waals surface area contributed by atoms with Gasteiger partial charge in [0.25, 0.3) is 0 Å². The summed E-state index contributed by atoms with van der Waals surface area (Å²) in [6.07, 6.45) is 2.30. The molecule has 0 saturated carbocycles. The number of hydrogen-bond donors (Lipinski definition) is 2. The van der Waals surface area contributed by atoms with Crippen LogP contribution < -0.4 is 15.8 Å². The van der Waals surface area contributed by atoms with E-state index >= 15 is 0 Å². The van der Waals surface area contributed by atoms with Gasteiger partial charge in [0.1, 0.15) is 5.75 Å². The second kappa shape index (κ2) is 9.93. The van der Waals surface area contributed by atoms with Gasteiger partial charge >= 0.3 is 0 Å². The van der Waals surface area contributed by atoms with Crippen LogP contribution in [0.25, 0.3) is 0 Å². The highest BCUT2D eigenvalue weighted by atomic mass is 35.5. The predicted molar refractivity (Wildman–Crippen MR) is 94.1 cm³/mol. The summed E-state index contributed by atoms with van der Waals surface area (Å²) in [6.45, 7) is 6.83. The first-order valence-electron chi connectivity index (χ1n) is 7.33. The molecule has 4 nitrogen and oxygen atoms in total. The molecule has 1 rings (SSSR count). The van der Waals surface area contributed by atoms with E-state index in [0.29, 0.717) is 24.6 Å². The Bertz CT molecular complexity index is 479. The molecule has 1 amide bonds. The maximum absolute atomic E-state index is 11.9. The van der Waals surface area contributed by atoms with Crippen molar-refractivity contribution >= 4 is 29.9 Å². The molecule has 0 heterocycles. The predicted octanol–water partition coefficient (Wildman–Crippen LogP) is 3.47. The zero-order valence-electron chi connectivity index (χ0n) is 13.4. The third-order valence-electron chi connectivity index (χ3n) is 3.29. The molecule has 0 bridgehead atoms. The molecule has 1 aromatic carbocycles. The number of rotatable bonds is 8. The summed E-state index contributed by atoms with van der Waals surface area (Å²) in [5, 5.41) is 3.55. The van der Waals surface area contributed by atoms with Crippen molar-refractivity contribution in [3.05, 3.63) is 28.8 Å². The van der Waals surface area contributed by atoms with Gasteiger partial charge in [-0.2, -0.15) is 0 Å². The molecule has 1 unspecified atom stereocenters. The summed E-state index contributed by atoms with van der Waals surface area (Å²) >= 11 is 5.89. The van der Waals surface area contributed by atoms with E-state index in [1.165, 1.54) is 0 Å². The van der Waals surface area contributed by atoms with E-state index in [2.05, 4.69) is 5.32 Å². The first-order chi connectivity index (χ1) is 9.86. The fraction of sp³-hybridized carbons (Fsp3) is 0.562. The Kier molecular flexibility index (Phi) is 9.49. The number of nitrogens with two attached hydrogens (primary N) is 1. The van der Waals surface area contributed by atoms with Gasteiger partial charge < -0.3 is 15.8 Å². The normalized spacial score (nSPS) is 13.0. The molecule has 22 heavy (non-hydrogen) atoms. The highest BCUT2D eigenvalue weighted by molar-refractivity contribution is 6.30. The SMILES string of the molecule is CCCC(C)(N)C(=O)NCCCOc1ccc(Cl)cc1C.Cl. The number of ether oxygens (including phenoxy) is 1. The number of carbonyl (C=O) groups is 1. The van der Waals surface area contributed by atoms with E-state index < -0.39 is 5.54 Å². The number of halogens is 2. The number of carbonyl (C=O) groups excluding carboxylic acids is 1. The van der Waals surface area contributed by atoms with Gasteiger partial charge in [0.2, 0.25) is 5.91 Å². The molecule has 6 heteroatoms. The molecular formula is C16H26Cl2N2O2. The molecule has 0 radical (unpaired) electrons. The Morgan fingerprint density at radius 3 is 2.73 bits per heavy atom. The zero-order valence-corrected chi connectivity index (χ0v) is 15.0. The van der Waals surface area contributed by atoms with Crippen LogP contribution in [-0.4, -0.2) is 24.6 Å². The van der Waals surface area contributed by atoms with Crippen LogP contribution in [0.15, 0.2) is 18.2 Å². The minimum Gasteiger partial charge on any atom is -0.493 e. The lowest BCUT2D eigenvalue weighted by Crippen LogP contribution is -2.51. The van der Waals surface area contributed by atoms with Crippen molar-refractivity contribution in [2.45, 2.75) is 45.6 Å². The second-order valence-electron chi connectivity index (χ2n) is 5.54. The van der Waals surface area contributed by atoms with Gasteiger partial charge in [0.15, 0.2) is 0 Å². The van der Waals surface area contributed by atoms with Gasteiger partial charge in [-0.1, -0.05) is 24.9 Å². The number of amides is 1. The first kappa shape index (κ1) is 21.0. The Labute approximate surface area is 144 Å². The van der Waals surface area contributed by atoms with Gasteiger partial charge in [0.05, 0.1) is 12.1 Å². The van der Waals surface area contributed by atoms with Crippen molar-refractivity contribution in [1.82, 2.24) is 5.32 Å². The van der Waals surface area contributed by atoms with Crippen LogP contribution in [-0.2, 0) is 4.79 Å². The van der Waals surface area contributed by atoms with Gasteiger partial charge in [0, 0.05) is 11.6 Å². The fourth-order valence-corrected chi connectivity index (χ4v) is 2.29. The summed E-state index contributed by atoms with van der Waals surface area (Å²) in [6, 6.07) is 5.52. The van der Waals surface area contributed by atoms with E-state index in [0.717, 1.165) is 24.2 Å². The van der Waals surface area contributed by atoms with Crippen LogP contribution >= 0.6 is 24.0 Å². The van der Waals surface area contributed by atoms with Crippen LogP contribution in [0.2, 0.25) is 5.02 Å². The average Bonchev–Trinajstić information content (AvgIpc) is 2.40. The van der Waals surface area contributed by atoms with Crippen LogP contribution in [0.3, 0.4) is 0 Å². The Hall–Kier alpha value is -0.970. The number of benzene rings is 1. The maximum atomic E-state index is 11.9. The number of aryl methyl sites for hydroxylation is 1. The van der Waals surface area contributed by atoms with E-state index in [-0.39, 0.29) is 18.3 Å². The maximum Gasteiger partial charge on any atom is 0.239 e. The zero-order chi connectivity index (χ0) is 15.9. The Morgan fingerprint density at radius 2 is 2.14 bits per heavy atom. The van der Waals surface area contributed by atoms with Crippen molar-refractivity contribution in [1.29, 1.82) is 0 Å². The summed E-state index contributed by atoms with van der Waals surface area (Å²) in [4.78, 5) is 11.9. The Balaban J connectivity index is 0.00000441. The molecule has 1 aromatic rings. The van der Waals surface area contributed by atoms with E-state index in [1.54, 1.807) is 13.0 Å². The average molecular weight is 349 g/mol. The molecule has 0 aliphatic heterocycles. The van der Waals surface area contributed by atoms with Gasteiger partial charge in [-0.05, 0) is 50.5 Å². The van der Waals surface area contributed by atoms with Crippen molar-refractivity contribution in [3.8, 4) is 5.75 Å². The highest BCUT2D eigenvalue weighted by Crippen LogP contribution is 2.21. The summed E-state index contributed by atoms with van der Waals surface area (Å²) in [7, 11) is 0. The minimum absolute atomic E-state index is 0. The van der Waals surface area contributed by atoms with Crippen LogP contribution in [0, 0.1) is 6.92 Å². The Morgan fingerprint density at radius 1 is 1.45 bits per heavy atom. The monoisotopic (exact) mass is 348 g/mol. The molecule has 0 aromatic heterocycles. The van der Waals surface area contributed by atoms with Crippen LogP contribution in [0.4, 0.5) is 0 Å². The van der Waals surface area contributed by atoms with Crippen molar-refractivity contribution in [3.63, 3.8) is 0 Å². The fourth-order valence-electron chi connectivity index (χ4n) is 2.07. The minimum atomic E-state index is -0.789. The summed E-state index contributed by atoms with van der Waals surface area (Å²) in [5.74, 6) is 0.715. The molecule has 0 aliphatic carbocycles. The topological polar surface area (TPSA) is 64.4 Å². The molecule has 0 saturated heterocycles. The molecule has 0 spiro atoms. The smallest absolute Gasteiger partial charge is 0.239 e. The highest BCUT2D eigenvalue weighted by Gasteiger charge is 2.26. The second-order valence-corrected chi connectivity index (χ2v) is 5.97. The standard InChI is InChI=1S/C16H25ClN2O2.ClH/c1-4-8-16(3,18)15(20)19-9-5-10-21-14-7-6-13(17)11-12(14)2;/h6-7,11H,4-5,8-10,18H2,1-3H3,(H,19,20);1H. The molecule has 1 atom stereocenters. The lowest BCUT2D eigenvalue weighted by molar-refractivity contribution is -0.126. The third-order valence-corrected chi connectivity index (χ3v) is 3.52. The summed E-state index contributed by atoms with van der Waals surface area (Å²) in [5.41, 5.74) is 6.17. The van der Waals surface area contributed by atoms with Crippen molar-refractivity contribution < 1.29 is 9.53 Å². The van der Waals surface area contributed by atoms with Gasteiger partial charge in [-0.15, -0.1) is 12.4 Å². The largest absolute Gasteiger partial charge is 0.493 e. The summed E-state index contributed by atoms with van der Waals surface area (Å²) < 4.78 is 5.67. The number of hydrogen-bond acceptors (Lipinski definition) is 3. The van der Waals surface area contributed by atoms with E-state index in [1.807, 2.05) is 26.0 Å². The number of nitrogens with one attached hydrogen (secondary N) is 1. The quantitative estimate of drug-likeness (QED) is 0.707. The molecule has 3 N–H and O–H groups in total. The van der Waals surface area contributed by atoms with Crippen LogP contribution in [0.5, 0.6) is 5.75 Å². The van der Waals surface area contributed by atoms with Crippen molar-refractivity contribution in [2.75, 3.05) is 13.2 Å². The lowest BCUT2D eigenvalue weighted by atomic mass is 9.96. The molecule has 126 valence electrons. The molecule has 0 fully saturated rings. The molecular weight excluding hydrogens is 323 g/mol. The van der Waals surface area contributed by atoms with E-state index in [4.69, 9.17) is 22.1 Å². The van der Waals surface area contributed by atoms with Crippen LogP contribution in [0.1, 0.15) is 38.7 Å². The lowest BCUT2D eigenvalue weighted by Gasteiger charge is -2.22. The third kappa shape index (κ3) is 6.86. The molecule has 0 aliphatic rings. The van der Waals surface area contributed by atoms with Gasteiger partial charge in [-0.3, -0.25) is 4.79 Å².